The number of pyridine rings is 5. The molecule has 0 spiro atoms. The highest BCUT2D eigenvalue weighted by Gasteiger charge is 2.27. The number of phenols is 1. The van der Waals surface area contributed by atoms with Gasteiger partial charge in [0.25, 0.3) is 29.5 Å². The van der Waals surface area contributed by atoms with Crippen LogP contribution in [-0.4, -0.2) is 178 Å². The van der Waals surface area contributed by atoms with Crippen LogP contribution in [0.4, 0.5) is 80.1 Å². The number of nitrogens with one attached hydrogen (secondary N) is 6. The van der Waals surface area contributed by atoms with E-state index in [1.165, 1.54) is 205 Å². The van der Waals surface area contributed by atoms with Gasteiger partial charge in [-0.3, -0.25) is 28.8 Å². The van der Waals surface area contributed by atoms with Crippen molar-refractivity contribution in [2.75, 3.05) is 187 Å². The van der Waals surface area contributed by atoms with E-state index in [1.54, 1.807) is 30.3 Å². The van der Waals surface area contributed by atoms with Gasteiger partial charge in [-0.25, -0.2) is 24.9 Å². The van der Waals surface area contributed by atoms with E-state index in [0.717, 1.165) is 156 Å². The van der Waals surface area contributed by atoms with Crippen LogP contribution in [0.1, 0.15) is 191 Å². The number of aromatic nitrogens is 5. The van der Waals surface area contributed by atoms with E-state index >= 15 is 0 Å². The summed E-state index contributed by atoms with van der Waals surface area (Å²) in [6.45, 7) is 19.1. The lowest BCUT2D eigenvalue weighted by Gasteiger charge is -2.29. The SMILES string of the molecule is CC(=O)Nc1ccc2c(N)c(C(=O)NCCc3ccc(N4CCCCC4)cc3)sc2n1.CN(C)c1ccc2c(N)c(C(=O)NCCc3ccc(N4CCCCC4)cc3)sc2n1.Cc1cc(N)nc2sc(C(=O)NCCc3ccc(N4CCCCC4)cc3)c(N)c12.Cc1ccc2c(N)c(C(=O)NCCc3ccc(N4CCCCC4)c(O)c3)sc2n1.Nc1ccc2c(N)c(C(=O)NCCc3ccc(N4CCCCC4)cc3)sc2n1. The van der Waals surface area contributed by atoms with Gasteiger partial charge in [0, 0.05) is 175 Å². The Morgan fingerprint density at radius 2 is 0.633 bits per heavy atom. The van der Waals surface area contributed by atoms with Crippen LogP contribution in [0, 0.1) is 13.8 Å². The van der Waals surface area contributed by atoms with E-state index < -0.39 is 0 Å². The van der Waals surface area contributed by atoms with Gasteiger partial charge in [0.15, 0.2) is 0 Å². The lowest BCUT2D eigenvalue weighted by Crippen LogP contribution is -2.29. The van der Waals surface area contributed by atoms with Gasteiger partial charge in [0.1, 0.15) is 77.6 Å². The summed E-state index contributed by atoms with van der Waals surface area (Å²) in [5.41, 5.74) is 58.5. The number of fused-ring (bicyclic) bond motifs is 5. The lowest BCUT2D eigenvalue weighted by atomic mass is 10.1. The summed E-state index contributed by atoms with van der Waals surface area (Å²) in [7, 11) is 3.88. The number of phenolic OH excluding ortho intramolecular Hbond substituents is 1. The number of hydrogen-bond donors (Lipinski definition) is 14. The van der Waals surface area contributed by atoms with Gasteiger partial charge in [0.05, 0.1) is 34.1 Å². The third kappa shape index (κ3) is 27.3. The molecule has 20 rings (SSSR count). The Balaban J connectivity index is 0.000000131. The van der Waals surface area contributed by atoms with E-state index in [1.807, 2.05) is 75.3 Å². The number of hydrogen-bond acceptors (Lipinski definition) is 30. The van der Waals surface area contributed by atoms with Crippen molar-refractivity contribution >= 4 is 223 Å². The van der Waals surface area contributed by atoms with Gasteiger partial charge in [-0.2, -0.15) is 0 Å². The molecule has 15 heterocycles. The Hall–Kier alpha value is -14.3. The number of piperidine rings is 5. The Bertz CT molecular complexity index is 7100. The van der Waals surface area contributed by atoms with Gasteiger partial charge < -0.3 is 107 Å². The zero-order chi connectivity index (χ0) is 103. The maximum Gasteiger partial charge on any atom is 0.263 e. The van der Waals surface area contributed by atoms with Crippen molar-refractivity contribution in [1.82, 2.24) is 51.5 Å². The molecule has 31 nitrogen and oxygen atoms in total. The molecule has 5 aromatic carbocycles. The van der Waals surface area contributed by atoms with Gasteiger partial charge >= 0.3 is 0 Å². The zero-order valence-corrected chi connectivity index (χ0v) is 88.4. The van der Waals surface area contributed by atoms with Crippen molar-refractivity contribution in [3.8, 4) is 5.75 Å². The number of nitrogen functional groups attached to an aromatic ring is 7. The number of aryl methyl sites for hydroxylation is 2. The Kier molecular flexibility index (Phi) is 36.0. The molecule has 0 unspecified atom stereocenters. The average molecular weight is 2080 g/mol. The highest BCUT2D eigenvalue weighted by atomic mass is 32.1. The molecule has 0 radical (unpaired) electrons. The second-order valence-corrected chi connectivity index (χ2v) is 43.1. The Morgan fingerprint density at radius 1 is 0.327 bits per heavy atom. The summed E-state index contributed by atoms with van der Waals surface area (Å²) in [6.07, 6.45) is 22.9. The standard InChI is InChI=1S/C23H27N5O2S.C23H29N5OS.C22H27N5OS.C22H26N4O2S.C21H25N5OS/c1-15(29)26-19-10-9-18-20(24)21(31-23(18)27-19)22(30)25-12-11-16-5-7-17(8-6-16)28-13-3-2-4-14-28;1-27(2)19-11-10-18-20(24)21(30-23(18)26-19)22(29)25-13-12-16-6-8-17(9-7-16)28-14-4-3-5-15-28;1-14-13-17(23)26-22-18(14)19(24)20(29-22)21(28)25-10-9-15-5-7-16(8-6-15)27-11-3-2-4-12-27;1-14-5-7-16-19(23)20(29-22(16)25-14)21(28)24-10-9-15-6-8-17(18(27)13-15)26-11-3-2-4-12-26;22-17-9-8-16-18(23)19(28-21(16)25-17)20(27)24-11-10-14-4-6-15(7-5-14)26-12-2-1-3-13-26/h5-10H,2-4,11-14,24H2,1H3,(H,25,30)(H,26,27,29);6-11H,3-5,12-15,24H2,1-2H3,(H,25,29);5-8,13H,2-4,9-12,24H2,1H3,(H2,23,26)(H,25,28);5-8,13,27H,2-4,9-12,23H2,1H3,(H,24,28);4-9H,1-3,10-13,23H2,(H2,22,25)(H,24,27). The van der Waals surface area contributed by atoms with Crippen LogP contribution in [0.2, 0.25) is 0 Å². The number of amides is 6. The molecular formula is C111H134N24O7S5. The molecule has 5 aliphatic rings. The molecule has 6 amide bonds. The molecule has 21 N–H and O–H groups in total. The molecule has 0 saturated carbocycles. The smallest absolute Gasteiger partial charge is 0.263 e. The first-order valence-corrected chi connectivity index (χ1v) is 55.0. The van der Waals surface area contributed by atoms with Crippen molar-refractivity contribution in [2.24, 2.45) is 0 Å². The molecule has 0 aliphatic carbocycles. The normalized spacial score (nSPS) is 14.2. The maximum atomic E-state index is 12.7. The topological polar surface area (TPSA) is 461 Å². The summed E-state index contributed by atoms with van der Waals surface area (Å²) in [5, 5.41) is 31.9. The van der Waals surface area contributed by atoms with Crippen molar-refractivity contribution in [3.05, 3.63) is 233 Å². The number of aromatic hydroxyl groups is 1. The van der Waals surface area contributed by atoms with Gasteiger partial charge in [-0.05, 0) is 291 Å². The number of nitrogens with zero attached hydrogens (tertiary/aromatic N) is 11. The zero-order valence-electron chi connectivity index (χ0n) is 84.3. The number of carbonyl (C=O) groups is 6. The number of benzene rings is 5. The van der Waals surface area contributed by atoms with Gasteiger partial charge in [-0.1, -0.05) is 54.6 Å². The fourth-order valence-electron chi connectivity index (χ4n) is 19.0. The molecule has 5 saturated heterocycles. The molecule has 15 aromatic rings. The maximum absolute atomic E-state index is 12.7. The minimum atomic E-state index is -0.202. The minimum Gasteiger partial charge on any atom is -0.506 e. The monoisotopic (exact) mass is 2070 g/mol. The Labute approximate surface area is 877 Å². The largest absolute Gasteiger partial charge is 0.506 e. The lowest BCUT2D eigenvalue weighted by molar-refractivity contribution is -0.114. The van der Waals surface area contributed by atoms with Crippen LogP contribution in [0.25, 0.3) is 51.1 Å². The first-order valence-electron chi connectivity index (χ1n) is 50.9. The first kappa shape index (κ1) is 105. The van der Waals surface area contributed by atoms with Crippen LogP contribution in [0.5, 0.6) is 5.75 Å². The fraction of sp³-hybridized carbons (Fsp3) is 0.360. The average Bonchev–Trinajstić information content (AvgIpc) is 1.64. The molecule has 10 aromatic heterocycles. The number of anilines is 14. The second kappa shape index (κ2) is 50.2. The van der Waals surface area contributed by atoms with Gasteiger partial charge in [-0.15, -0.1) is 56.7 Å². The minimum absolute atomic E-state index is 0.133. The number of carbonyl (C=O) groups excluding carboxylic acids is 6. The third-order valence-electron chi connectivity index (χ3n) is 27.1. The van der Waals surface area contributed by atoms with Crippen LogP contribution in [0.15, 0.2) is 170 Å². The van der Waals surface area contributed by atoms with Gasteiger partial charge in [0.2, 0.25) is 5.91 Å². The predicted molar refractivity (Wildman–Crippen MR) is 611 cm³/mol. The fourth-order valence-corrected chi connectivity index (χ4v) is 24.2. The summed E-state index contributed by atoms with van der Waals surface area (Å²) in [6, 6.07) is 56.9. The van der Waals surface area contributed by atoms with Crippen LogP contribution in [-0.2, 0) is 36.9 Å². The summed E-state index contributed by atoms with van der Waals surface area (Å²) < 4.78 is 0. The van der Waals surface area contributed by atoms with E-state index in [9.17, 15) is 33.9 Å². The molecule has 147 heavy (non-hydrogen) atoms. The van der Waals surface area contributed by atoms with Crippen molar-refractivity contribution < 1.29 is 33.9 Å². The summed E-state index contributed by atoms with van der Waals surface area (Å²) in [5.74, 6) is 1.44. The van der Waals surface area contributed by atoms with Crippen molar-refractivity contribution in [1.29, 1.82) is 0 Å². The van der Waals surface area contributed by atoms with Crippen molar-refractivity contribution in [3.63, 3.8) is 0 Å². The number of rotatable bonds is 27. The number of nitrogens with two attached hydrogens (primary N) is 7. The molecule has 5 fully saturated rings. The van der Waals surface area contributed by atoms with Crippen LogP contribution in [0.3, 0.4) is 0 Å². The van der Waals surface area contributed by atoms with Crippen LogP contribution < -0.4 is 101 Å². The third-order valence-corrected chi connectivity index (χ3v) is 32.6. The van der Waals surface area contributed by atoms with Crippen LogP contribution >= 0.6 is 56.7 Å². The molecule has 770 valence electrons. The van der Waals surface area contributed by atoms with E-state index in [4.69, 9.17) is 40.1 Å². The highest BCUT2D eigenvalue weighted by Crippen LogP contribution is 2.41. The quantitative estimate of drug-likeness (QED) is 0.0227. The predicted octanol–water partition coefficient (Wildman–Crippen LogP) is 18.7. The molecule has 0 bridgehead atoms. The van der Waals surface area contributed by atoms with Crippen molar-refractivity contribution in [2.45, 2.75) is 149 Å². The highest BCUT2D eigenvalue weighted by molar-refractivity contribution is 7.23. The Morgan fingerprint density at radius 3 is 1.00 bits per heavy atom. The first-order chi connectivity index (χ1) is 71.2. The molecule has 5 aliphatic heterocycles. The second-order valence-electron chi connectivity index (χ2n) is 38.1. The molecule has 36 heteroatoms. The summed E-state index contributed by atoms with van der Waals surface area (Å²) >= 11 is 6.47. The number of thiophene rings is 5. The summed E-state index contributed by atoms with van der Waals surface area (Å²) in [4.78, 5) is 116. The van der Waals surface area contributed by atoms with E-state index in [2.05, 4.69) is 178 Å². The molecule has 0 atom stereocenters. The van der Waals surface area contributed by atoms with E-state index in [0.29, 0.717) is 130 Å². The molecular weight excluding hydrogens is 1940 g/mol. The van der Waals surface area contributed by atoms with E-state index in [-0.39, 0.29) is 35.4 Å².